The van der Waals surface area contributed by atoms with Crippen molar-refractivity contribution in [1.82, 2.24) is 0 Å². The van der Waals surface area contributed by atoms with Crippen LogP contribution in [0.15, 0.2) is 10.5 Å². The van der Waals surface area contributed by atoms with Gasteiger partial charge in [0.25, 0.3) is 0 Å². The molecule has 18 heavy (non-hydrogen) atoms. The Labute approximate surface area is 115 Å². The molecule has 0 amide bonds. The highest BCUT2D eigenvalue weighted by atomic mass is 79.9. The SMILES string of the molecule is CC(C)c1c(C(O)CN)cc2c(c1Br)OCCO2. The highest BCUT2D eigenvalue weighted by molar-refractivity contribution is 9.10. The minimum Gasteiger partial charge on any atom is -0.486 e. The van der Waals surface area contributed by atoms with E-state index in [1.165, 1.54) is 0 Å². The molecule has 0 bridgehead atoms. The standard InChI is InChI=1S/C13H18BrNO3/c1-7(2)11-8(9(16)6-15)5-10-13(12(11)14)18-4-3-17-10/h5,7,9,16H,3-4,6,15H2,1-2H3. The summed E-state index contributed by atoms with van der Waals surface area (Å²) in [5.41, 5.74) is 7.40. The molecule has 1 unspecified atom stereocenters. The number of benzene rings is 1. The van der Waals surface area contributed by atoms with Crippen molar-refractivity contribution in [2.24, 2.45) is 5.73 Å². The van der Waals surface area contributed by atoms with Crippen molar-refractivity contribution in [3.05, 3.63) is 21.7 Å². The van der Waals surface area contributed by atoms with Gasteiger partial charge in [-0.2, -0.15) is 0 Å². The molecule has 0 saturated carbocycles. The zero-order valence-corrected chi connectivity index (χ0v) is 12.2. The molecule has 1 heterocycles. The lowest BCUT2D eigenvalue weighted by atomic mass is 9.93. The van der Waals surface area contributed by atoms with E-state index in [0.717, 1.165) is 21.3 Å². The summed E-state index contributed by atoms with van der Waals surface area (Å²) in [6.07, 6.45) is -0.686. The summed E-state index contributed by atoms with van der Waals surface area (Å²) in [5, 5.41) is 10.0. The number of hydrogen-bond acceptors (Lipinski definition) is 4. The normalized spacial score (nSPS) is 15.9. The van der Waals surface area contributed by atoms with E-state index in [2.05, 4.69) is 29.8 Å². The minimum atomic E-state index is -0.686. The molecular formula is C13H18BrNO3. The van der Waals surface area contributed by atoms with Gasteiger partial charge in [-0.3, -0.25) is 0 Å². The molecule has 1 aromatic rings. The van der Waals surface area contributed by atoms with Crippen LogP contribution in [0.4, 0.5) is 0 Å². The first-order valence-electron chi connectivity index (χ1n) is 6.06. The fourth-order valence-electron chi connectivity index (χ4n) is 2.17. The fraction of sp³-hybridized carbons (Fsp3) is 0.538. The number of nitrogens with two attached hydrogens (primary N) is 1. The van der Waals surface area contributed by atoms with Crippen LogP contribution >= 0.6 is 15.9 Å². The monoisotopic (exact) mass is 315 g/mol. The first-order valence-corrected chi connectivity index (χ1v) is 6.85. The predicted molar refractivity (Wildman–Crippen MR) is 73.2 cm³/mol. The van der Waals surface area contributed by atoms with Crippen molar-refractivity contribution in [3.8, 4) is 11.5 Å². The van der Waals surface area contributed by atoms with Gasteiger partial charge in [-0.1, -0.05) is 13.8 Å². The first-order chi connectivity index (χ1) is 8.56. The Morgan fingerprint density at radius 1 is 1.39 bits per heavy atom. The second-order valence-electron chi connectivity index (χ2n) is 4.62. The predicted octanol–water partition coefficient (Wildman–Crippen LogP) is 2.34. The van der Waals surface area contributed by atoms with Gasteiger partial charge < -0.3 is 20.3 Å². The largest absolute Gasteiger partial charge is 0.486 e. The van der Waals surface area contributed by atoms with Gasteiger partial charge in [0.2, 0.25) is 0 Å². The third-order valence-electron chi connectivity index (χ3n) is 3.00. The molecule has 1 aliphatic heterocycles. The van der Waals surface area contributed by atoms with Gasteiger partial charge in [0.15, 0.2) is 11.5 Å². The van der Waals surface area contributed by atoms with Gasteiger partial charge in [0.05, 0.1) is 10.6 Å². The van der Waals surface area contributed by atoms with Crippen molar-refractivity contribution in [2.75, 3.05) is 19.8 Å². The van der Waals surface area contributed by atoms with Crippen LogP contribution < -0.4 is 15.2 Å². The highest BCUT2D eigenvalue weighted by Gasteiger charge is 2.25. The molecule has 100 valence electrons. The van der Waals surface area contributed by atoms with Crippen LogP contribution in [-0.4, -0.2) is 24.9 Å². The molecule has 2 rings (SSSR count). The molecule has 1 aromatic carbocycles. The van der Waals surface area contributed by atoms with Crippen molar-refractivity contribution in [3.63, 3.8) is 0 Å². The van der Waals surface area contributed by atoms with E-state index >= 15 is 0 Å². The van der Waals surface area contributed by atoms with E-state index < -0.39 is 6.10 Å². The highest BCUT2D eigenvalue weighted by Crippen LogP contribution is 2.45. The first kappa shape index (κ1) is 13.6. The maximum Gasteiger partial charge on any atom is 0.175 e. The van der Waals surface area contributed by atoms with E-state index in [4.69, 9.17) is 15.2 Å². The van der Waals surface area contributed by atoms with Crippen molar-refractivity contribution in [2.45, 2.75) is 25.9 Å². The summed E-state index contributed by atoms with van der Waals surface area (Å²) in [6, 6.07) is 1.84. The third-order valence-corrected chi connectivity index (χ3v) is 3.79. The summed E-state index contributed by atoms with van der Waals surface area (Å²) < 4.78 is 12.1. The zero-order valence-electron chi connectivity index (χ0n) is 10.6. The van der Waals surface area contributed by atoms with Gasteiger partial charge in [-0.25, -0.2) is 0 Å². The van der Waals surface area contributed by atoms with Crippen molar-refractivity contribution >= 4 is 15.9 Å². The molecule has 0 radical (unpaired) electrons. The Morgan fingerprint density at radius 3 is 2.67 bits per heavy atom. The maximum absolute atomic E-state index is 10.0. The molecule has 4 nitrogen and oxygen atoms in total. The van der Waals surface area contributed by atoms with Gasteiger partial charge in [0, 0.05) is 6.54 Å². The molecule has 0 fully saturated rings. The Hall–Kier alpha value is -0.780. The molecule has 1 atom stereocenters. The van der Waals surface area contributed by atoms with E-state index in [1.807, 2.05) is 6.07 Å². The van der Waals surface area contributed by atoms with E-state index in [9.17, 15) is 5.11 Å². The molecule has 1 aliphatic rings. The smallest absolute Gasteiger partial charge is 0.175 e. The van der Waals surface area contributed by atoms with Crippen LogP contribution in [0.5, 0.6) is 11.5 Å². The lowest BCUT2D eigenvalue weighted by Crippen LogP contribution is -2.19. The molecule has 3 N–H and O–H groups in total. The van der Waals surface area contributed by atoms with Gasteiger partial charge >= 0.3 is 0 Å². The fourth-order valence-corrected chi connectivity index (χ4v) is 3.16. The number of rotatable bonds is 3. The summed E-state index contributed by atoms with van der Waals surface area (Å²) in [5.74, 6) is 1.64. The van der Waals surface area contributed by atoms with Crippen LogP contribution in [0.3, 0.4) is 0 Å². The average molecular weight is 316 g/mol. The average Bonchev–Trinajstić information content (AvgIpc) is 2.37. The van der Waals surface area contributed by atoms with Gasteiger partial charge in [-0.15, -0.1) is 0 Å². The Kier molecular flexibility index (Phi) is 4.14. The van der Waals surface area contributed by atoms with E-state index in [1.54, 1.807) is 0 Å². The summed E-state index contributed by atoms with van der Waals surface area (Å²) >= 11 is 3.56. The van der Waals surface area contributed by atoms with E-state index in [0.29, 0.717) is 19.0 Å². The lowest BCUT2D eigenvalue weighted by molar-refractivity contribution is 0.164. The van der Waals surface area contributed by atoms with Crippen molar-refractivity contribution < 1.29 is 14.6 Å². The molecule has 0 aromatic heterocycles. The van der Waals surface area contributed by atoms with E-state index in [-0.39, 0.29) is 12.5 Å². The third kappa shape index (κ3) is 2.35. The Morgan fingerprint density at radius 2 is 2.06 bits per heavy atom. The van der Waals surface area contributed by atoms with Gasteiger partial charge in [0.1, 0.15) is 13.2 Å². The van der Waals surface area contributed by atoms with Crippen molar-refractivity contribution in [1.29, 1.82) is 0 Å². The lowest BCUT2D eigenvalue weighted by Gasteiger charge is -2.26. The molecule has 0 aliphatic carbocycles. The summed E-state index contributed by atoms with van der Waals surface area (Å²) in [7, 11) is 0. The second-order valence-corrected chi connectivity index (χ2v) is 5.42. The Balaban J connectivity index is 2.61. The minimum absolute atomic E-state index is 0.186. The zero-order chi connectivity index (χ0) is 13.3. The number of aliphatic hydroxyl groups is 1. The summed E-state index contributed by atoms with van der Waals surface area (Å²) in [6.45, 7) is 5.40. The van der Waals surface area contributed by atoms with Crippen LogP contribution in [0.2, 0.25) is 0 Å². The number of aliphatic hydroxyl groups excluding tert-OH is 1. The molecule has 0 saturated heterocycles. The number of halogens is 1. The quantitative estimate of drug-likeness (QED) is 0.898. The number of fused-ring (bicyclic) bond motifs is 1. The molecule has 0 spiro atoms. The second kappa shape index (κ2) is 5.47. The van der Waals surface area contributed by atoms with Crippen LogP contribution in [0.25, 0.3) is 0 Å². The maximum atomic E-state index is 10.0. The van der Waals surface area contributed by atoms with Gasteiger partial charge in [-0.05, 0) is 39.0 Å². The molecular weight excluding hydrogens is 298 g/mol. The summed E-state index contributed by atoms with van der Waals surface area (Å²) in [4.78, 5) is 0. The topological polar surface area (TPSA) is 64.7 Å². The number of ether oxygens (including phenoxy) is 2. The van der Waals surface area contributed by atoms with Crippen LogP contribution in [0, 0.1) is 0 Å². The number of hydrogen-bond donors (Lipinski definition) is 2. The van der Waals surface area contributed by atoms with Crippen LogP contribution in [-0.2, 0) is 0 Å². The molecule has 5 heteroatoms. The Bertz CT molecular complexity index is 448. The van der Waals surface area contributed by atoms with Crippen LogP contribution in [0.1, 0.15) is 37.0 Å².